The van der Waals surface area contributed by atoms with Crippen molar-refractivity contribution in [2.24, 2.45) is 0 Å². The van der Waals surface area contributed by atoms with Crippen molar-refractivity contribution in [1.29, 1.82) is 0 Å². The summed E-state index contributed by atoms with van der Waals surface area (Å²) in [7, 11) is 0. The van der Waals surface area contributed by atoms with Crippen LogP contribution < -0.4 is 5.32 Å². The molecule has 17 heavy (non-hydrogen) atoms. The average molecular weight is 249 g/mol. The Bertz CT molecular complexity index is 503. The summed E-state index contributed by atoms with van der Waals surface area (Å²) >= 11 is 5.46. The molecular formula is C14H16FNS. The molecule has 2 aliphatic rings. The topological polar surface area (TPSA) is 12.0 Å². The number of rotatable bonds is 1. The van der Waals surface area contributed by atoms with Crippen molar-refractivity contribution in [3.8, 4) is 0 Å². The zero-order valence-corrected chi connectivity index (χ0v) is 11.0. The van der Waals surface area contributed by atoms with Gasteiger partial charge in [-0.15, -0.1) is 0 Å². The predicted octanol–water partition coefficient (Wildman–Crippen LogP) is 3.82. The molecule has 1 aromatic carbocycles. The fourth-order valence-electron chi connectivity index (χ4n) is 2.51. The highest BCUT2D eigenvalue weighted by Crippen LogP contribution is 2.45. The molecule has 3 heteroatoms. The van der Waals surface area contributed by atoms with E-state index in [1.165, 1.54) is 24.0 Å². The fourth-order valence-corrected chi connectivity index (χ4v) is 2.71. The van der Waals surface area contributed by atoms with Gasteiger partial charge in [0.15, 0.2) is 0 Å². The molecule has 0 unspecified atom stereocenters. The highest BCUT2D eigenvalue weighted by atomic mass is 32.1. The van der Waals surface area contributed by atoms with Gasteiger partial charge in [0.05, 0.1) is 5.54 Å². The van der Waals surface area contributed by atoms with Crippen molar-refractivity contribution in [2.45, 2.75) is 44.6 Å². The van der Waals surface area contributed by atoms with Gasteiger partial charge in [-0.25, -0.2) is 4.39 Å². The standard InChI is InChI=1S/C14H16FNS/c1-14(2)13(17)7-11-10(8-3-4-8)5-9(15)6-12(11)16-14/h5-6,8,16H,3-4,7H2,1-2H3. The van der Waals surface area contributed by atoms with Crippen molar-refractivity contribution in [1.82, 2.24) is 0 Å². The Morgan fingerprint density at radius 2 is 2.06 bits per heavy atom. The van der Waals surface area contributed by atoms with Crippen LogP contribution in [0.25, 0.3) is 0 Å². The first-order valence-electron chi connectivity index (χ1n) is 6.11. The highest BCUT2D eigenvalue weighted by molar-refractivity contribution is 7.80. The molecule has 0 aromatic heterocycles. The molecule has 0 radical (unpaired) electrons. The minimum absolute atomic E-state index is 0.137. The maximum Gasteiger partial charge on any atom is 0.125 e. The third-order valence-corrected chi connectivity index (χ3v) is 4.40. The Morgan fingerprint density at radius 3 is 2.71 bits per heavy atom. The van der Waals surface area contributed by atoms with Crippen LogP contribution in [0.3, 0.4) is 0 Å². The Kier molecular flexibility index (Phi) is 2.31. The zero-order chi connectivity index (χ0) is 12.2. The molecule has 1 N–H and O–H groups in total. The van der Waals surface area contributed by atoms with E-state index in [4.69, 9.17) is 12.2 Å². The van der Waals surface area contributed by atoms with Crippen LogP contribution in [0.1, 0.15) is 43.7 Å². The summed E-state index contributed by atoms with van der Waals surface area (Å²) in [5, 5.41) is 3.37. The molecule has 1 aliphatic carbocycles. The zero-order valence-electron chi connectivity index (χ0n) is 10.1. The first-order chi connectivity index (χ1) is 7.97. The Hall–Kier alpha value is -0.960. The molecule has 1 aliphatic heterocycles. The summed E-state index contributed by atoms with van der Waals surface area (Å²) in [5.74, 6) is 0.423. The summed E-state index contributed by atoms with van der Waals surface area (Å²) in [5.41, 5.74) is 3.12. The van der Waals surface area contributed by atoms with Crippen LogP contribution in [0.15, 0.2) is 12.1 Å². The molecule has 0 bridgehead atoms. The quantitative estimate of drug-likeness (QED) is 0.759. The van der Waals surface area contributed by atoms with Gasteiger partial charge >= 0.3 is 0 Å². The van der Waals surface area contributed by atoms with Crippen LogP contribution >= 0.6 is 12.2 Å². The van der Waals surface area contributed by atoms with Gasteiger partial charge in [0.25, 0.3) is 0 Å². The van der Waals surface area contributed by atoms with Gasteiger partial charge in [0.2, 0.25) is 0 Å². The minimum atomic E-state index is -0.211. The van der Waals surface area contributed by atoms with Crippen molar-refractivity contribution in [2.75, 3.05) is 5.32 Å². The van der Waals surface area contributed by atoms with Crippen molar-refractivity contribution >= 4 is 22.8 Å². The van der Waals surface area contributed by atoms with Crippen molar-refractivity contribution < 1.29 is 4.39 Å². The smallest absolute Gasteiger partial charge is 0.125 e. The van der Waals surface area contributed by atoms with E-state index in [1.54, 1.807) is 12.1 Å². The predicted molar refractivity (Wildman–Crippen MR) is 72.4 cm³/mol. The SMILES string of the molecule is CC1(C)Nc2cc(F)cc(C3CC3)c2CC1=S. The van der Waals surface area contributed by atoms with Gasteiger partial charge in [0, 0.05) is 17.0 Å². The molecule has 1 fully saturated rings. The number of nitrogens with one attached hydrogen (secondary N) is 1. The first kappa shape index (κ1) is 11.1. The van der Waals surface area contributed by atoms with E-state index in [0.717, 1.165) is 17.0 Å². The third kappa shape index (κ3) is 1.86. The molecular weight excluding hydrogens is 233 g/mol. The number of anilines is 1. The van der Waals surface area contributed by atoms with Crippen LogP contribution in [-0.2, 0) is 6.42 Å². The highest BCUT2D eigenvalue weighted by Gasteiger charge is 2.34. The molecule has 0 saturated heterocycles. The molecule has 0 atom stereocenters. The number of fused-ring (bicyclic) bond motifs is 1. The van der Waals surface area contributed by atoms with Crippen LogP contribution in [0.2, 0.25) is 0 Å². The van der Waals surface area contributed by atoms with Gasteiger partial charge < -0.3 is 5.32 Å². The number of hydrogen-bond acceptors (Lipinski definition) is 2. The second kappa shape index (κ2) is 3.52. The average Bonchev–Trinajstić information content (AvgIpc) is 3.02. The van der Waals surface area contributed by atoms with Gasteiger partial charge in [-0.3, -0.25) is 0 Å². The lowest BCUT2D eigenvalue weighted by atomic mass is 9.86. The fraction of sp³-hybridized carbons (Fsp3) is 0.500. The second-order valence-corrected chi connectivity index (χ2v) is 6.14. The minimum Gasteiger partial charge on any atom is -0.375 e. The van der Waals surface area contributed by atoms with Crippen LogP contribution in [0.5, 0.6) is 0 Å². The van der Waals surface area contributed by atoms with E-state index in [0.29, 0.717) is 5.92 Å². The largest absolute Gasteiger partial charge is 0.375 e. The summed E-state index contributed by atoms with van der Waals surface area (Å²) < 4.78 is 13.6. The molecule has 90 valence electrons. The molecule has 0 spiro atoms. The third-order valence-electron chi connectivity index (χ3n) is 3.75. The second-order valence-electron chi connectivity index (χ2n) is 5.65. The van der Waals surface area contributed by atoms with Crippen LogP contribution in [0.4, 0.5) is 10.1 Å². The van der Waals surface area contributed by atoms with E-state index in [1.807, 2.05) is 0 Å². The van der Waals surface area contributed by atoms with Gasteiger partial charge in [-0.05, 0) is 55.9 Å². The van der Waals surface area contributed by atoms with Gasteiger partial charge in [-0.2, -0.15) is 0 Å². The molecule has 1 saturated carbocycles. The molecule has 0 amide bonds. The molecule has 1 aromatic rings. The molecule has 1 nitrogen and oxygen atoms in total. The summed E-state index contributed by atoms with van der Waals surface area (Å²) in [6.07, 6.45) is 3.18. The van der Waals surface area contributed by atoms with E-state index in [2.05, 4.69) is 19.2 Å². The van der Waals surface area contributed by atoms with E-state index in [-0.39, 0.29) is 11.4 Å². The lowest BCUT2D eigenvalue weighted by Gasteiger charge is -2.35. The van der Waals surface area contributed by atoms with E-state index >= 15 is 0 Å². The van der Waals surface area contributed by atoms with Crippen molar-refractivity contribution in [3.63, 3.8) is 0 Å². The molecule has 1 heterocycles. The van der Waals surface area contributed by atoms with Crippen LogP contribution in [0, 0.1) is 5.82 Å². The Labute approximate surface area is 106 Å². The number of hydrogen-bond donors (Lipinski definition) is 1. The number of halogens is 1. The number of benzene rings is 1. The summed E-state index contributed by atoms with van der Waals surface area (Å²) in [6, 6.07) is 3.30. The Balaban J connectivity index is 2.12. The summed E-state index contributed by atoms with van der Waals surface area (Å²) in [4.78, 5) is 1.01. The first-order valence-corrected chi connectivity index (χ1v) is 6.52. The van der Waals surface area contributed by atoms with E-state index in [9.17, 15) is 4.39 Å². The summed E-state index contributed by atoms with van der Waals surface area (Å²) in [6.45, 7) is 4.11. The lowest BCUT2D eigenvalue weighted by Crippen LogP contribution is -2.44. The van der Waals surface area contributed by atoms with E-state index < -0.39 is 0 Å². The van der Waals surface area contributed by atoms with Gasteiger partial charge in [-0.1, -0.05) is 12.2 Å². The monoisotopic (exact) mass is 249 g/mol. The number of thiocarbonyl (C=S) groups is 1. The maximum absolute atomic E-state index is 13.6. The van der Waals surface area contributed by atoms with Crippen molar-refractivity contribution in [3.05, 3.63) is 29.1 Å². The van der Waals surface area contributed by atoms with Crippen LogP contribution in [-0.4, -0.2) is 10.4 Å². The lowest BCUT2D eigenvalue weighted by molar-refractivity contribution is 0.622. The normalized spacial score (nSPS) is 21.9. The van der Waals surface area contributed by atoms with Gasteiger partial charge in [0.1, 0.15) is 5.82 Å². The Morgan fingerprint density at radius 1 is 1.35 bits per heavy atom. The molecule has 3 rings (SSSR count). The maximum atomic E-state index is 13.6.